The van der Waals surface area contributed by atoms with Gasteiger partial charge in [0.1, 0.15) is 11.7 Å². The lowest BCUT2D eigenvalue weighted by atomic mass is 9.81. The quantitative estimate of drug-likeness (QED) is 0.695. The van der Waals surface area contributed by atoms with Crippen molar-refractivity contribution in [2.24, 2.45) is 11.8 Å². The molecule has 156 valence electrons. The molecule has 5 rings (SSSR count). The molecule has 0 aromatic heterocycles. The van der Waals surface area contributed by atoms with E-state index in [0.717, 1.165) is 30.6 Å². The van der Waals surface area contributed by atoms with Gasteiger partial charge < -0.3 is 9.64 Å². The van der Waals surface area contributed by atoms with E-state index in [1.165, 1.54) is 48.3 Å². The summed E-state index contributed by atoms with van der Waals surface area (Å²) >= 11 is 0. The molecule has 0 fully saturated rings. The summed E-state index contributed by atoms with van der Waals surface area (Å²) in [5, 5.41) is 19.1. The normalized spacial score (nSPS) is 22.1. The van der Waals surface area contributed by atoms with Crippen molar-refractivity contribution in [3.8, 4) is 17.9 Å². The Hall–Kier alpha value is -3.24. The smallest absolute Gasteiger partial charge is 0.140 e. The SMILES string of the molecule is N#CC(C#N)C1CC(/C=C/c2cc3c4c(c2)CCCN4CCC3)COc2ccccc21. The zero-order valence-electron chi connectivity index (χ0n) is 17.8. The minimum Gasteiger partial charge on any atom is -0.493 e. The summed E-state index contributed by atoms with van der Waals surface area (Å²) < 4.78 is 6.10. The van der Waals surface area contributed by atoms with Crippen LogP contribution in [0.1, 0.15) is 47.4 Å². The van der Waals surface area contributed by atoms with Crippen LogP contribution < -0.4 is 9.64 Å². The zero-order chi connectivity index (χ0) is 21.2. The van der Waals surface area contributed by atoms with Gasteiger partial charge in [0.15, 0.2) is 0 Å². The van der Waals surface area contributed by atoms with Crippen molar-refractivity contribution in [1.29, 1.82) is 10.5 Å². The van der Waals surface area contributed by atoms with Gasteiger partial charge in [0.05, 0.1) is 18.7 Å². The standard InChI is InChI=1S/C27H27N3O/c28-16-23(17-29)25-15-20(18-31-26-8-2-1-7-24(25)26)10-9-19-13-21-5-3-11-30-12-4-6-22(14-19)27(21)30/h1-2,7-10,13-14,20,23,25H,3-6,11-12,15,18H2/b10-9+. The van der Waals surface area contributed by atoms with Gasteiger partial charge >= 0.3 is 0 Å². The molecular weight excluding hydrogens is 382 g/mol. The number of nitrogens with zero attached hydrogens (tertiary/aromatic N) is 3. The molecule has 3 aliphatic rings. The number of anilines is 1. The van der Waals surface area contributed by atoms with E-state index in [2.05, 4.69) is 41.3 Å². The summed E-state index contributed by atoms with van der Waals surface area (Å²) in [5.41, 5.74) is 6.70. The molecule has 31 heavy (non-hydrogen) atoms. The van der Waals surface area contributed by atoms with Crippen molar-refractivity contribution in [3.63, 3.8) is 0 Å². The molecule has 0 saturated carbocycles. The Morgan fingerprint density at radius 1 is 1.03 bits per heavy atom. The fourth-order valence-corrected chi connectivity index (χ4v) is 5.47. The van der Waals surface area contributed by atoms with Gasteiger partial charge in [-0.3, -0.25) is 0 Å². The third-order valence-corrected chi connectivity index (χ3v) is 6.92. The largest absolute Gasteiger partial charge is 0.493 e. The Kier molecular flexibility index (Phi) is 5.39. The lowest BCUT2D eigenvalue weighted by Crippen LogP contribution is -2.34. The van der Waals surface area contributed by atoms with Crippen molar-refractivity contribution in [1.82, 2.24) is 0 Å². The fraction of sp³-hybridized carbons (Fsp3) is 0.407. The Morgan fingerprint density at radius 2 is 1.74 bits per heavy atom. The number of rotatable bonds is 3. The van der Waals surface area contributed by atoms with Crippen LogP contribution in [0.3, 0.4) is 0 Å². The molecule has 4 heteroatoms. The summed E-state index contributed by atoms with van der Waals surface area (Å²) in [6.07, 6.45) is 9.99. The van der Waals surface area contributed by atoms with Crippen LogP contribution in [0, 0.1) is 34.5 Å². The topological polar surface area (TPSA) is 60.0 Å². The highest BCUT2D eigenvalue weighted by molar-refractivity contribution is 5.68. The summed E-state index contributed by atoms with van der Waals surface area (Å²) in [6.45, 7) is 2.95. The predicted molar refractivity (Wildman–Crippen MR) is 122 cm³/mol. The van der Waals surface area contributed by atoms with Crippen molar-refractivity contribution in [3.05, 3.63) is 64.7 Å². The minimum absolute atomic E-state index is 0.137. The van der Waals surface area contributed by atoms with Gasteiger partial charge in [0.25, 0.3) is 0 Å². The van der Waals surface area contributed by atoms with Crippen molar-refractivity contribution < 1.29 is 4.74 Å². The molecule has 2 unspecified atom stereocenters. The molecule has 2 atom stereocenters. The average Bonchev–Trinajstić information content (AvgIpc) is 2.99. The lowest BCUT2D eigenvalue weighted by molar-refractivity contribution is 0.277. The summed E-state index contributed by atoms with van der Waals surface area (Å²) in [5.74, 6) is 0.155. The number of nitriles is 2. The Balaban J connectivity index is 1.42. The number of hydrogen-bond acceptors (Lipinski definition) is 4. The van der Waals surface area contributed by atoms with Crippen molar-refractivity contribution >= 4 is 11.8 Å². The van der Waals surface area contributed by atoms with Crippen LogP contribution in [-0.4, -0.2) is 19.7 Å². The molecule has 0 saturated heterocycles. The second kappa shape index (κ2) is 8.48. The van der Waals surface area contributed by atoms with Crippen LogP contribution in [0.2, 0.25) is 0 Å². The highest BCUT2D eigenvalue weighted by Gasteiger charge is 2.31. The van der Waals surface area contributed by atoms with E-state index < -0.39 is 5.92 Å². The molecule has 2 aromatic rings. The molecular formula is C27H27N3O. The van der Waals surface area contributed by atoms with Crippen molar-refractivity contribution in [2.45, 2.75) is 38.0 Å². The van der Waals surface area contributed by atoms with Gasteiger partial charge in [-0.2, -0.15) is 10.5 Å². The molecule has 4 nitrogen and oxygen atoms in total. The second-order valence-corrected chi connectivity index (χ2v) is 8.93. The van der Waals surface area contributed by atoms with Gasteiger partial charge in [-0.05, 0) is 72.6 Å². The molecule has 0 bridgehead atoms. The van der Waals surface area contributed by atoms with Crippen molar-refractivity contribution in [2.75, 3.05) is 24.6 Å². The number of benzene rings is 2. The van der Waals surface area contributed by atoms with E-state index in [0.29, 0.717) is 6.61 Å². The van der Waals surface area contributed by atoms with Crippen LogP contribution in [-0.2, 0) is 12.8 Å². The first-order valence-corrected chi connectivity index (χ1v) is 11.4. The molecule has 2 aromatic carbocycles. The monoisotopic (exact) mass is 409 g/mol. The fourth-order valence-electron chi connectivity index (χ4n) is 5.47. The van der Waals surface area contributed by atoms with E-state index >= 15 is 0 Å². The third kappa shape index (κ3) is 3.79. The number of para-hydroxylation sites is 1. The molecule has 0 aliphatic carbocycles. The number of ether oxygens (including phenoxy) is 1. The molecule has 3 heterocycles. The first-order valence-electron chi connectivity index (χ1n) is 11.4. The molecule has 0 amide bonds. The van der Waals surface area contributed by atoms with Gasteiger partial charge in [-0.15, -0.1) is 0 Å². The van der Waals surface area contributed by atoms with E-state index in [1.54, 1.807) is 0 Å². The molecule has 0 radical (unpaired) electrons. The molecule has 0 spiro atoms. The van der Waals surface area contributed by atoms with Gasteiger partial charge in [-0.25, -0.2) is 0 Å². The lowest BCUT2D eigenvalue weighted by Gasteiger charge is -2.37. The average molecular weight is 410 g/mol. The predicted octanol–water partition coefficient (Wildman–Crippen LogP) is 5.24. The van der Waals surface area contributed by atoms with Crippen LogP contribution in [0.25, 0.3) is 6.08 Å². The van der Waals surface area contributed by atoms with Crippen LogP contribution in [0.5, 0.6) is 5.75 Å². The maximum atomic E-state index is 9.55. The number of hydrogen-bond donors (Lipinski definition) is 0. The van der Waals surface area contributed by atoms with Crippen LogP contribution in [0.15, 0.2) is 42.5 Å². The summed E-state index contributed by atoms with van der Waals surface area (Å²) in [6, 6.07) is 16.9. The summed E-state index contributed by atoms with van der Waals surface area (Å²) in [7, 11) is 0. The highest BCUT2D eigenvalue weighted by Crippen LogP contribution is 2.40. The maximum Gasteiger partial charge on any atom is 0.140 e. The molecule has 0 N–H and O–H groups in total. The Labute approximate surface area is 184 Å². The number of fused-ring (bicyclic) bond motifs is 1. The second-order valence-electron chi connectivity index (χ2n) is 8.93. The number of aryl methyl sites for hydroxylation is 2. The minimum atomic E-state index is -0.669. The maximum absolute atomic E-state index is 9.55. The third-order valence-electron chi connectivity index (χ3n) is 6.92. The Bertz CT molecular complexity index is 1050. The summed E-state index contributed by atoms with van der Waals surface area (Å²) in [4.78, 5) is 2.57. The van der Waals surface area contributed by atoms with E-state index in [1.807, 2.05) is 24.3 Å². The zero-order valence-corrected chi connectivity index (χ0v) is 17.8. The highest BCUT2D eigenvalue weighted by atomic mass is 16.5. The van der Waals surface area contributed by atoms with Gasteiger partial charge in [0.2, 0.25) is 0 Å². The van der Waals surface area contributed by atoms with Gasteiger partial charge in [0, 0.05) is 30.6 Å². The van der Waals surface area contributed by atoms with E-state index in [9.17, 15) is 10.5 Å². The Morgan fingerprint density at radius 3 is 2.45 bits per heavy atom. The first-order chi connectivity index (χ1) is 15.3. The molecule has 3 aliphatic heterocycles. The van der Waals surface area contributed by atoms with Crippen LogP contribution in [0.4, 0.5) is 5.69 Å². The van der Waals surface area contributed by atoms with E-state index in [4.69, 9.17) is 4.74 Å². The van der Waals surface area contributed by atoms with E-state index in [-0.39, 0.29) is 11.8 Å². The van der Waals surface area contributed by atoms with Crippen LogP contribution >= 0.6 is 0 Å². The van der Waals surface area contributed by atoms with Gasteiger partial charge in [-0.1, -0.05) is 30.4 Å². The first kappa shape index (κ1) is 19.7.